The van der Waals surface area contributed by atoms with E-state index in [1.165, 1.54) is 24.1 Å². The third-order valence-corrected chi connectivity index (χ3v) is 5.30. The molecule has 1 aromatic heterocycles. The van der Waals surface area contributed by atoms with Crippen molar-refractivity contribution in [3.05, 3.63) is 16.1 Å². The van der Waals surface area contributed by atoms with Gasteiger partial charge >= 0.3 is 0 Å². The van der Waals surface area contributed by atoms with Crippen molar-refractivity contribution in [3.63, 3.8) is 0 Å². The second-order valence-electron chi connectivity index (χ2n) is 6.39. The molecule has 0 aliphatic heterocycles. The van der Waals surface area contributed by atoms with E-state index in [-0.39, 0.29) is 5.41 Å². The number of aliphatic hydroxyl groups is 1. The molecule has 2 unspecified atom stereocenters. The molecule has 1 aliphatic rings. The van der Waals surface area contributed by atoms with Crippen LogP contribution < -0.4 is 0 Å². The third-order valence-electron chi connectivity index (χ3n) is 4.38. The minimum atomic E-state index is 0.116. The summed E-state index contributed by atoms with van der Waals surface area (Å²) >= 11 is 1.73. The number of aryl methyl sites for hydroxylation is 1. The van der Waals surface area contributed by atoms with Crippen LogP contribution in [0, 0.1) is 18.3 Å². The second-order valence-corrected chi connectivity index (χ2v) is 7.33. The maximum atomic E-state index is 9.85. The Morgan fingerprint density at radius 1 is 1.58 bits per heavy atom. The van der Waals surface area contributed by atoms with E-state index in [0.29, 0.717) is 6.61 Å². The Balaban J connectivity index is 1.96. The van der Waals surface area contributed by atoms with E-state index in [2.05, 4.69) is 30.8 Å². The van der Waals surface area contributed by atoms with Crippen LogP contribution in [0.15, 0.2) is 5.51 Å². The largest absolute Gasteiger partial charge is 0.396 e. The van der Waals surface area contributed by atoms with Crippen molar-refractivity contribution < 1.29 is 5.11 Å². The maximum absolute atomic E-state index is 9.85. The highest BCUT2D eigenvalue weighted by molar-refractivity contribution is 7.09. The zero-order valence-electron chi connectivity index (χ0n) is 12.4. The summed E-state index contributed by atoms with van der Waals surface area (Å²) in [6.07, 6.45) is 4.91. The first-order valence-corrected chi connectivity index (χ1v) is 8.11. The molecule has 0 bridgehead atoms. The molecule has 2 rings (SSSR count). The molecule has 1 saturated carbocycles. The number of hydrogen-bond acceptors (Lipinski definition) is 4. The van der Waals surface area contributed by atoms with E-state index < -0.39 is 0 Å². The fourth-order valence-electron chi connectivity index (χ4n) is 3.46. The van der Waals surface area contributed by atoms with Gasteiger partial charge in [0, 0.05) is 30.0 Å². The molecule has 0 amide bonds. The Kier molecular flexibility index (Phi) is 4.98. The first kappa shape index (κ1) is 14.9. The molecule has 108 valence electrons. The predicted molar refractivity (Wildman–Crippen MR) is 80.3 cm³/mol. The number of nitrogens with zero attached hydrogens (tertiary/aromatic N) is 2. The summed E-state index contributed by atoms with van der Waals surface area (Å²) in [4.78, 5) is 8.01. The summed E-state index contributed by atoms with van der Waals surface area (Å²) in [6.45, 7) is 6.65. The van der Waals surface area contributed by atoms with Crippen molar-refractivity contribution in [2.24, 2.45) is 11.3 Å². The van der Waals surface area contributed by atoms with E-state index in [4.69, 9.17) is 0 Å². The van der Waals surface area contributed by atoms with Gasteiger partial charge in [0.05, 0.1) is 11.2 Å². The lowest BCUT2D eigenvalue weighted by Crippen LogP contribution is -2.41. The lowest BCUT2D eigenvalue weighted by atomic mass is 9.70. The molecule has 1 fully saturated rings. The van der Waals surface area contributed by atoms with Crippen LogP contribution in [0.3, 0.4) is 0 Å². The van der Waals surface area contributed by atoms with Crippen molar-refractivity contribution in [1.82, 2.24) is 9.88 Å². The Morgan fingerprint density at radius 2 is 2.37 bits per heavy atom. The van der Waals surface area contributed by atoms with Crippen LogP contribution in [0.4, 0.5) is 0 Å². The molecular weight excluding hydrogens is 256 g/mol. The fraction of sp³-hybridized carbons (Fsp3) is 0.800. The van der Waals surface area contributed by atoms with Crippen molar-refractivity contribution in [2.45, 2.75) is 46.1 Å². The topological polar surface area (TPSA) is 36.4 Å². The van der Waals surface area contributed by atoms with Crippen LogP contribution in [-0.2, 0) is 6.54 Å². The minimum absolute atomic E-state index is 0.116. The summed E-state index contributed by atoms with van der Waals surface area (Å²) in [5, 5.41) is 9.85. The van der Waals surface area contributed by atoms with Crippen LogP contribution in [0.5, 0.6) is 0 Å². The highest BCUT2D eigenvalue weighted by Crippen LogP contribution is 2.39. The number of rotatable bonds is 5. The fourth-order valence-corrected chi connectivity index (χ4v) is 4.31. The van der Waals surface area contributed by atoms with E-state index in [0.717, 1.165) is 31.1 Å². The third kappa shape index (κ3) is 3.77. The summed E-state index contributed by atoms with van der Waals surface area (Å²) in [6, 6.07) is 0. The van der Waals surface area contributed by atoms with Gasteiger partial charge in [0.25, 0.3) is 0 Å². The second kappa shape index (κ2) is 6.33. The highest BCUT2D eigenvalue weighted by atomic mass is 32.1. The SMILES string of the molecule is Cc1ncsc1CN(C)CC1(CO)CCCC(C)C1. The van der Waals surface area contributed by atoms with Gasteiger partial charge in [-0.2, -0.15) is 0 Å². The van der Waals surface area contributed by atoms with Gasteiger partial charge in [0.15, 0.2) is 0 Å². The number of aliphatic hydroxyl groups excluding tert-OH is 1. The molecule has 1 heterocycles. The molecular formula is C15H26N2OS. The molecule has 0 aromatic carbocycles. The van der Waals surface area contributed by atoms with Crippen molar-refractivity contribution in [2.75, 3.05) is 20.2 Å². The molecule has 4 heteroatoms. The van der Waals surface area contributed by atoms with Crippen LogP contribution >= 0.6 is 11.3 Å². The van der Waals surface area contributed by atoms with Gasteiger partial charge in [-0.15, -0.1) is 11.3 Å². The zero-order chi connectivity index (χ0) is 13.9. The predicted octanol–water partition coefficient (Wildman–Crippen LogP) is 3.07. The van der Waals surface area contributed by atoms with Gasteiger partial charge in [0.2, 0.25) is 0 Å². The smallest absolute Gasteiger partial charge is 0.0798 e. The summed E-state index contributed by atoms with van der Waals surface area (Å²) in [5.41, 5.74) is 3.18. The van der Waals surface area contributed by atoms with Crippen LogP contribution in [0.25, 0.3) is 0 Å². The standard InChI is InChI=1S/C15H26N2OS/c1-12-5-4-6-15(7-12,10-18)9-17(3)8-14-13(2)16-11-19-14/h11-12,18H,4-10H2,1-3H3. The van der Waals surface area contributed by atoms with E-state index in [9.17, 15) is 5.11 Å². The van der Waals surface area contributed by atoms with Crippen molar-refractivity contribution >= 4 is 11.3 Å². The van der Waals surface area contributed by atoms with Gasteiger partial charge < -0.3 is 10.0 Å². The molecule has 2 atom stereocenters. The summed E-state index contributed by atoms with van der Waals surface area (Å²) < 4.78 is 0. The number of hydrogen-bond donors (Lipinski definition) is 1. The average molecular weight is 282 g/mol. The van der Waals surface area contributed by atoms with Gasteiger partial charge in [-0.05, 0) is 32.7 Å². The van der Waals surface area contributed by atoms with Gasteiger partial charge in [-0.3, -0.25) is 0 Å². The van der Waals surface area contributed by atoms with Crippen molar-refractivity contribution in [3.8, 4) is 0 Å². The lowest BCUT2D eigenvalue weighted by molar-refractivity contribution is 0.0292. The molecule has 3 nitrogen and oxygen atoms in total. The Bertz CT molecular complexity index is 407. The lowest BCUT2D eigenvalue weighted by Gasteiger charge is -2.41. The van der Waals surface area contributed by atoms with Crippen LogP contribution in [0.1, 0.15) is 43.2 Å². The summed E-state index contributed by atoms with van der Waals surface area (Å²) in [7, 11) is 2.16. The Labute approximate surface area is 120 Å². The molecule has 0 spiro atoms. The maximum Gasteiger partial charge on any atom is 0.0798 e. The van der Waals surface area contributed by atoms with E-state index in [1.807, 2.05) is 5.51 Å². The van der Waals surface area contributed by atoms with Gasteiger partial charge in [-0.25, -0.2) is 4.98 Å². The highest BCUT2D eigenvalue weighted by Gasteiger charge is 2.35. The molecule has 0 saturated heterocycles. The normalized spacial score (nSPS) is 27.9. The molecule has 0 radical (unpaired) electrons. The van der Waals surface area contributed by atoms with E-state index in [1.54, 1.807) is 11.3 Å². The molecule has 19 heavy (non-hydrogen) atoms. The number of aromatic nitrogens is 1. The quantitative estimate of drug-likeness (QED) is 0.901. The van der Waals surface area contributed by atoms with Crippen LogP contribution in [0.2, 0.25) is 0 Å². The average Bonchev–Trinajstić information content (AvgIpc) is 2.75. The van der Waals surface area contributed by atoms with E-state index >= 15 is 0 Å². The minimum Gasteiger partial charge on any atom is -0.396 e. The molecule has 1 N–H and O–H groups in total. The van der Waals surface area contributed by atoms with Gasteiger partial charge in [-0.1, -0.05) is 19.8 Å². The van der Waals surface area contributed by atoms with Gasteiger partial charge in [0.1, 0.15) is 0 Å². The first-order chi connectivity index (χ1) is 9.04. The number of thiazole rings is 1. The van der Waals surface area contributed by atoms with Crippen molar-refractivity contribution in [1.29, 1.82) is 0 Å². The Morgan fingerprint density at radius 3 is 2.95 bits per heavy atom. The Hall–Kier alpha value is -0.450. The molecule has 1 aliphatic carbocycles. The molecule has 1 aromatic rings. The van der Waals surface area contributed by atoms with Crippen LogP contribution in [-0.4, -0.2) is 35.2 Å². The zero-order valence-corrected chi connectivity index (χ0v) is 13.2. The summed E-state index contributed by atoms with van der Waals surface area (Å²) in [5.74, 6) is 0.749. The monoisotopic (exact) mass is 282 g/mol. The first-order valence-electron chi connectivity index (χ1n) is 7.23.